The van der Waals surface area contributed by atoms with Crippen molar-refractivity contribution in [3.05, 3.63) is 36.5 Å². The summed E-state index contributed by atoms with van der Waals surface area (Å²) in [6.45, 7) is 0. The minimum Gasteiger partial charge on any atom is -0.507 e. The van der Waals surface area contributed by atoms with Gasteiger partial charge in [-0.15, -0.1) is 10.2 Å². The number of hydrogen-bond acceptors (Lipinski definition) is 7. The number of fused-ring (bicyclic) bond motifs is 2. The average molecular weight is 467 g/mol. The van der Waals surface area contributed by atoms with Crippen LogP contribution >= 0.6 is 11.3 Å². The fourth-order valence-corrected chi connectivity index (χ4v) is 6.62. The van der Waals surface area contributed by atoms with Crippen LogP contribution in [-0.2, 0) is 0 Å². The molecule has 0 aliphatic heterocycles. The summed E-state index contributed by atoms with van der Waals surface area (Å²) in [5.41, 5.74) is 2.40. The molecule has 0 unspecified atom stereocenters. The Labute approximate surface area is 196 Å². The summed E-state index contributed by atoms with van der Waals surface area (Å²) >= 11 is 1.45. The number of nitrogens with zero attached hydrogens (tertiary/aromatic N) is 4. The Morgan fingerprint density at radius 2 is 1.91 bits per heavy atom. The van der Waals surface area contributed by atoms with Gasteiger partial charge in [0, 0.05) is 18.3 Å². The van der Waals surface area contributed by atoms with Crippen molar-refractivity contribution in [3.8, 4) is 33.3 Å². The van der Waals surface area contributed by atoms with Gasteiger partial charge in [-0.05, 0) is 79.7 Å². The van der Waals surface area contributed by atoms with Gasteiger partial charge in [-0.25, -0.2) is 9.37 Å². The number of halogens is 1. The van der Waals surface area contributed by atoms with Crippen molar-refractivity contribution in [2.75, 3.05) is 12.0 Å². The summed E-state index contributed by atoms with van der Waals surface area (Å²) in [7, 11) is 1.58. The first kappa shape index (κ1) is 20.8. The Balaban J connectivity index is 1.28. The SMILES string of the molecule is COc1cc(-c2ccc(-c3nnc(N(C4CC4)[C@@H]4C[C@H]5CC[C@H](C5)[C@@H]4F)s3)c(O)c2)ccn1. The van der Waals surface area contributed by atoms with E-state index < -0.39 is 6.17 Å². The van der Waals surface area contributed by atoms with Gasteiger partial charge in [-0.2, -0.15) is 0 Å². The van der Waals surface area contributed by atoms with Crippen LogP contribution in [0.4, 0.5) is 9.52 Å². The summed E-state index contributed by atoms with van der Waals surface area (Å²) in [4.78, 5) is 6.36. The number of phenolic OH excluding ortho intramolecular Hbond substituents is 1. The van der Waals surface area contributed by atoms with Gasteiger partial charge in [-0.1, -0.05) is 17.4 Å². The molecule has 6 rings (SSSR count). The minimum absolute atomic E-state index is 0.0952. The van der Waals surface area contributed by atoms with E-state index in [2.05, 4.69) is 20.1 Å². The second kappa shape index (κ2) is 8.24. The van der Waals surface area contributed by atoms with Crippen molar-refractivity contribution >= 4 is 16.5 Å². The van der Waals surface area contributed by atoms with Gasteiger partial charge >= 0.3 is 0 Å². The average Bonchev–Trinajstić information content (AvgIpc) is 3.40. The first-order chi connectivity index (χ1) is 16.1. The predicted octanol–water partition coefficient (Wildman–Crippen LogP) is 5.48. The zero-order chi connectivity index (χ0) is 22.5. The molecule has 3 aromatic rings. The molecule has 3 aliphatic carbocycles. The van der Waals surface area contributed by atoms with E-state index >= 15 is 4.39 Å². The molecule has 1 N–H and O–H groups in total. The van der Waals surface area contributed by atoms with Gasteiger partial charge in [0.25, 0.3) is 0 Å². The van der Waals surface area contributed by atoms with Crippen LogP contribution in [-0.4, -0.2) is 45.7 Å². The number of anilines is 1. The van der Waals surface area contributed by atoms with Crippen molar-refractivity contribution in [2.45, 2.75) is 56.8 Å². The molecule has 3 fully saturated rings. The van der Waals surface area contributed by atoms with Crippen LogP contribution in [0.2, 0.25) is 0 Å². The molecule has 0 spiro atoms. The van der Waals surface area contributed by atoms with Crippen molar-refractivity contribution in [1.82, 2.24) is 15.2 Å². The minimum atomic E-state index is -0.790. The summed E-state index contributed by atoms with van der Waals surface area (Å²) < 4.78 is 20.6. The van der Waals surface area contributed by atoms with Gasteiger partial charge in [0.1, 0.15) is 11.9 Å². The Morgan fingerprint density at radius 3 is 2.70 bits per heavy atom. The number of alkyl halides is 1. The first-order valence-electron chi connectivity index (χ1n) is 11.7. The number of rotatable bonds is 6. The molecular weight excluding hydrogens is 439 g/mol. The smallest absolute Gasteiger partial charge is 0.213 e. The molecule has 6 nitrogen and oxygen atoms in total. The van der Waals surface area contributed by atoms with E-state index in [0.717, 1.165) is 54.8 Å². The molecule has 3 aliphatic rings. The number of hydrogen-bond donors (Lipinski definition) is 1. The molecule has 172 valence electrons. The predicted molar refractivity (Wildman–Crippen MR) is 126 cm³/mol. The number of ether oxygens (including phenoxy) is 1. The Morgan fingerprint density at radius 1 is 1.06 bits per heavy atom. The molecule has 33 heavy (non-hydrogen) atoms. The number of phenols is 1. The lowest BCUT2D eigenvalue weighted by Gasteiger charge is -2.39. The quantitative estimate of drug-likeness (QED) is 0.519. The normalized spacial score (nSPS) is 26.4. The summed E-state index contributed by atoms with van der Waals surface area (Å²) in [6.07, 6.45) is 7.20. The zero-order valence-electron chi connectivity index (χ0n) is 18.5. The second-order valence-electron chi connectivity index (χ2n) is 9.53. The molecule has 4 atom stereocenters. The van der Waals surface area contributed by atoms with E-state index in [-0.39, 0.29) is 17.7 Å². The number of benzene rings is 1. The Kier molecular flexibility index (Phi) is 5.20. The van der Waals surface area contributed by atoms with E-state index in [4.69, 9.17) is 4.74 Å². The third kappa shape index (κ3) is 3.84. The molecule has 2 aromatic heterocycles. The zero-order valence-corrected chi connectivity index (χ0v) is 19.3. The topological polar surface area (TPSA) is 71.4 Å². The molecule has 3 saturated carbocycles. The molecule has 0 radical (unpaired) electrons. The second-order valence-corrected chi connectivity index (χ2v) is 10.5. The van der Waals surface area contributed by atoms with Crippen molar-refractivity contribution in [3.63, 3.8) is 0 Å². The molecule has 2 heterocycles. The van der Waals surface area contributed by atoms with Gasteiger partial charge < -0.3 is 14.7 Å². The molecule has 0 saturated heterocycles. The third-order valence-corrected chi connectivity index (χ3v) is 8.38. The van der Waals surface area contributed by atoms with E-state index in [1.165, 1.54) is 11.3 Å². The fraction of sp³-hybridized carbons (Fsp3) is 0.480. The lowest BCUT2D eigenvalue weighted by atomic mass is 9.83. The standard InChI is InChI=1S/C25H27FN4O2S/c1-32-22-13-16(8-9-27-22)15-4-7-19(21(31)12-15)24-28-29-25(33-24)30(18-5-6-18)20-11-14-2-3-17(10-14)23(20)26/h4,7-9,12-14,17-18,20,23,31H,2-3,5-6,10-11H2,1H3/t14-,17+,20+,23-/m0/s1. The Hall–Kier alpha value is -2.74. The van der Waals surface area contributed by atoms with Gasteiger partial charge in [0.2, 0.25) is 11.0 Å². The summed E-state index contributed by atoms with van der Waals surface area (Å²) in [5, 5.41) is 21.1. The van der Waals surface area contributed by atoms with E-state index in [1.54, 1.807) is 19.4 Å². The molecule has 1 aromatic carbocycles. The largest absolute Gasteiger partial charge is 0.507 e. The first-order valence-corrected chi connectivity index (χ1v) is 12.5. The van der Waals surface area contributed by atoms with Crippen LogP contribution in [0.15, 0.2) is 36.5 Å². The molecule has 8 heteroatoms. The monoisotopic (exact) mass is 466 g/mol. The third-order valence-electron chi connectivity index (χ3n) is 7.41. The van der Waals surface area contributed by atoms with Crippen LogP contribution in [0, 0.1) is 11.8 Å². The maximum absolute atomic E-state index is 15.4. The van der Waals surface area contributed by atoms with Crippen LogP contribution in [0.5, 0.6) is 11.6 Å². The fourth-order valence-electron chi connectivity index (χ4n) is 5.61. The Bertz CT molecular complexity index is 1170. The lowest BCUT2D eigenvalue weighted by Crippen LogP contribution is -2.48. The molecular formula is C25H27FN4O2S. The highest BCUT2D eigenvalue weighted by Crippen LogP contribution is 2.49. The summed E-state index contributed by atoms with van der Waals surface area (Å²) in [6, 6.07) is 9.50. The van der Waals surface area contributed by atoms with E-state index in [0.29, 0.717) is 28.4 Å². The number of aromatic nitrogens is 3. The van der Waals surface area contributed by atoms with Gasteiger partial charge in [0.05, 0.1) is 18.7 Å². The van der Waals surface area contributed by atoms with Gasteiger partial charge in [-0.3, -0.25) is 0 Å². The highest BCUT2D eigenvalue weighted by molar-refractivity contribution is 7.18. The van der Waals surface area contributed by atoms with Crippen LogP contribution in [0.3, 0.4) is 0 Å². The van der Waals surface area contributed by atoms with E-state index in [1.807, 2.05) is 24.3 Å². The molecule has 2 bridgehead atoms. The highest BCUT2D eigenvalue weighted by Gasteiger charge is 2.48. The number of methoxy groups -OCH3 is 1. The highest BCUT2D eigenvalue weighted by atomic mass is 32.1. The van der Waals surface area contributed by atoms with Crippen molar-refractivity contribution < 1.29 is 14.2 Å². The lowest BCUT2D eigenvalue weighted by molar-refractivity contribution is 0.140. The van der Waals surface area contributed by atoms with Crippen LogP contribution < -0.4 is 9.64 Å². The summed E-state index contributed by atoms with van der Waals surface area (Å²) in [5.74, 6) is 1.50. The van der Waals surface area contributed by atoms with Crippen molar-refractivity contribution in [1.29, 1.82) is 0 Å². The van der Waals surface area contributed by atoms with Crippen molar-refractivity contribution in [2.24, 2.45) is 11.8 Å². The number of pyridine rings is 1. The van der Waals surface area contributed by atoms with Crippen LogP contribution in [0.1, 0.15) is 38.5 Å². The maximum Gasteiger partial charge on any atom is 0.213 e. The van der Waals surface area contributed by atoms with E-state index in [9.17, 15) is 5.11 Å². The van der Waals surface area contributed by atoms with Crippen LogP contribution in [0.25, 0.3) is 21.7 Å². The molecule has 0 amide bonds. The van der Waals surface area contributed by atoms with Gasteiger partial charge in [0.15, 0.2) is 5.01 Å². The maximum atomic E-state index is 15.4. The number of aromatic hydroxyl groups is 1.